The Labute approximate surface area is 200 Å². The highest BCUT2D eigenvalue weighted by Gasteiger charge is 2.70. The smallest absolute Gasteiger partial charge is 0.0118 e. The minimum Gasteiger partial charge on any atom is -0.316 e. The summed E-state index contributed by atoms with van der Waals surface area (Å²) in [6.45, 7) is 21.4. The summed E-state index contributed by atoms with van der Waals surface area (Å²) in [4.78, 5) is 0. The fraction of sp³-hybridized carbons (Fsp3) is 1.00. The topological polar surface area (TPSA) is 12.0 Å². The predicted molar refractivity (Wildman–Crippen MR) is 138 cm³/mol. The van der Waals surface area contributed by atoms with E-state index in [1.807, 2.05) is 0 Å². The van der Waals surface area contributed by atoms with Crippen molar-refractivity contribution in [3.8, 4) is 0 Å². The summed E-state index contributed by atoms with van der Waals surface area (Å²) in [5, 5.41) is 3.72. The van der Waals surface area contributed by atoms with Crippen LogP contribution in [0.4, 0.5) is 0 Å². The van der Waals surface area contributed by atoms with Crippen molar-refractivity contribution in [3.05, 3.63) is 0 Å². The summed E-state index contributed by atoms with van der Waals surface area (Å²) >= 11 is 0. The van der Waals surface area contributed by atoms with Gasteiger partial charge in [0.15, 0.2) is 0 Å². The van der Waals surface area contributed by atoms with Gasteiger partial charge in [-0.25, -0.2) is 0 Å². The molecule has 184 valence electrons. The molecule has 0 aliphatic heterocycles. The van der Waals surface area contributed by atoms with Crippen molar-refractivity contribution < 1.29 is 0 Å². The fourth-order valence-electron chi connectivity index (χ4n) is 12.3. The van der Waals surface area contributed by atoms with Gasteiger partial charge >= 0.3 is 0 Å². The molecule has 4 unspecified atom stereocenters. The third-order valence-corrected chi connectivity index (χ3v) is 14.1. The van der Waals surface area contributed by atoms with Gasteiger partial charge in [-0.2, -0.15) is 0 Å². The molecule has 1 heteroatoms. The molecule has 5 aliphatic carbocycles. The molecule has 32 heavy (non-hydrogen) atoms. The Morgan fingerprint density at radius 3 is 2.06 bits per heavy atom. The molecule has 1 nitrogen and oxygen atoms in total. The molecule has 10 atom stereocenters. The van der Waals surface area contributed by atoms with E-state index < -0.39 is 0 Å². The molecule has 5 fully saturated rings. The second kappa shape index (κ2) is 7.24. The van der Waals surface area contributed by atoms with Crippen LogP contribution in [0, 0.1) is 62.6 Å². The van der Waals surface area contributed by atoms with E-state index >= 15 is 0 Å². The maximum atomic E-state index is 3.72. The zero-order valence-electron chi connectivity index (χ0n) is 23.1. The highest BCUT2D eigenvalue weighted by atomic mass is 14.9. The highest BCUT2D eigenvalue weighted by Crippen LogP contribution is 2.77. The van der Waals surface area contributed by atoms with Crippen molar-refractivity contribution in [2.45, 2.75) is 126 Å². The maximum absolute atomic E-state index is 3.72. The first kappa shape index (κ1) is 23.7. The zero-order valence-corrected chi connectivity index (χ0v) is 23.1. The average Bonchev–Trinajstić information content (AvgIpc) is 3.06. The Kier molecular flexibility index (Phi) is 5.36. The second-order valence-corrected chi connectivity index (χ2v) is 15.5. The normalized spacial score (nSPS) is 56.8. The largest absolute Gasteiger partial charge is 0.316 e. The monoisotopic (exact) mass is 441 g/mol. The lowest BCUT2D eigenvalue weighted by atomic mass is 9.32. The van der Waals surface area contributed by atoms with Crippen LogP contribution in [0.5, 0.6) is 0 Å². The Morgan fingerprint density at radius 2 is 1.41 bits per heavy atom. The Hall–Kier alpha value is -0.0400. The van der Waals surface area contributed by atoms with Gasteiger partial charge in [-0.15, -0.1) is 0 Å². The van der Waals surface area contributed by atoms with Crippen LogP contribution in [0.3, 0.4) is 0 Å². The van der Waals surface area contributed by atoms with E-state index in [1.54, 1.807) is 0 Å². The van der Waals surface area contributed by atoms with Crippen LogP contribution in [0.2, 0.25) is 0 Å². The van der Waals surface area contributed by atoms with Crippen molar-refractivity contribution in [3.63, 3.8) is 0 Å². The van der Waals surface area contributed by atoms with Gasteiger partial charge in [0.25, 0.3) is 0 Å². The van der Waals surface area contributed by atoms with E-state index in [-0.39, 0.29) is 0 Å². The van der Waals surface area contributed by atoms with E-state index in [1.165, 1.54) is 64.2 Å². The van der Waals surface area contributed by atoms with Crippen molar-refractivity contribution in [1.29, 1.82) is 0 Å². The van der Waals surface area contributed by atoms with Crippen LogP contribution in [0.15, 0.2) is 0 Å². The van der Waals surface area contributed by atoms with Crippen molar-refractivity contribution in [2.75, 3.05) is 7.05 Å². The number of nitrogens with one attached hydrogen (secondary N) is 1. The van der Waals surface area contributed by atoms with E-state index in [9.17, 15) is 0 Å². The van der Waals surface area contributed by atoms with Crippen LogP contribution in [-0.2, 0) is 0 Å². The molecule has 0 bridgehead atoms. The maximum Gasteiger partial charge on any atom is 0.0118 e. The molecular weight excluding hydrogens is 386 g/mol. The van der Waals surface area contributed by atoms with Crippen molar-refractivity contribution in [2.24, 2.45) is 62.6 Å². The molecule has 0 heterocycles. The molecule has 0 aromatic heterocycles. The lowest BCUT2D eigenvalue weighted by molar-refractivity contribution is -0.239. The molecule has 0 saturated heterocycles. The van der Waals surface area contributed by atoms with E-state index in [4.69, 9.17) is 0 Å². The summed E-state index contributed by atoms with van der Waals surface area (Å²) in [6.07, 6.45) is 14.8. The lowest BCUT2D eigenvalue weighted by Crippen LogP contribution is -2.67. The molecule has 0 radical (unpaired) electrons. The SMILES string of the molecule is CN[C@@H]1CC[C@@]2(C)C(CC[C@]3(C)C2CCC2C4[C@H](C(C)C)CC[C@]4(C)CC[C@]23C)C1(C)C. The number of hydrogen-bond acceptors (Lipinski definition) is 1. The zero-order chi connectivity index (χ0) is 23.3. The molecule has 0 spiro atoms. The highest BCUT2D eigenvalue weighted by molar-refractivity contribution is 5.19. The first-order valence-electron chi connectivity index (χ1n) is 14.5. The molecule has 1 N–H and O–H groups in total. The quantitative estimate of drug-likeness (QED) is 0.454. The first-order valence-corrected chi connectivity index (χ1v) is 14.5. The van der Waals surface area contributed by atoms with E-state index in [0.29, 0.717) is 33.1 Å². The van der Waals surface area contributed by atoms with Crippen molar-refractivity contribution in [1.82, 2.24) is 5.32 Å². The number of fused-ring (bicyclic) bond motifs is 7. The van der Waals surface area contributed by atoms with Crippen LogP contribution in [-0.4, -0.2) is 13.1 Å². The molecular formula is C31H55N. The third-order valence-electron chi connectivity index (χ3n) is 14.1. The van der Waals surface area contributed by atoms with Gasteiger partial charge in [-0.3, -0.25) is 0 Å². The summed E-state index contributed by atoms with van der Waals surface area (Å²) in [5.41, 5.74) is 2.67. The van der Waals surface area contributed by atoms with Gasteiger partial charge in [0, 0.05) is 6.04 Å². The van der Waals surface area contributed by atoms with Crippen LogP contribution >= 0.6 is 0 Å². The Morgan fingerprint density at radius 1 is 0.688 bits per heavy atom. The molecule has 0 aromatic carbocycles. The molecule has 0 aromatic rings. The summed E-state index contributed by atoms with van der Waals surface area (Å²) in [5.74, 6) is 5.60. The second-order valence-electron chi connectivity index (χ2n) is 15.5. The minimum atomic E-state index is 0.417. The summed E-state index contributed by atoms with van der Waals surface area (Å²) in [7, 11) is 2.21. The molecule has 0 amide bonds. The van der Waals surface area contributed by atoms with Gasteiger partial charge in [0.2, 0.25) is 0 Å². The molecule has 5 aliphatic rings. The average molecular weight is 442 g/mol. The van der Waals surface area contributed by atoms with Gasteiger partial charge in [-0.1, -0.05) is 55.4 Å². The summed E-state index contributed by atoms with van der Waals surface area (Å²) in [6, 6.07) is 0.692. The van der Waals surface area contributed by atoms with Crippen molar-refractivity contribution >= 4 is 0 Å². The van der Waals surface area contributed by atoms with Crippen LogP contribution < -0.4 is 5.32 Å². The van der Waals surface area contributed by atoms with Gasteiger partial charge < -0.3 is 5.32 Å². The standard InChI is InChI=1S/C31H55N/c1-20(2)21-12-15-28(5)18-19-30(7)22(26(21)28)10-11-24-29(6)16-14-25(32-9)27(3,4)23(29)13-17-31(24,30)8/h20-26,32H,10-19H2,1-9H3/t21-,22?,23?,24?,25+,26?,28+,29-,30+,31+/m0/s1. The minimum absolute atomic E-state index is 0.417. The number of rotatable bonds is 2. The lowest BCUT2D eigenvalue weighted by Gasteiger charge is -2.73. The van der Waals surface area contributed by atoms with Gasteiger partial charge in [0.1, 0.15) is 0 Å². The fourth-order valence-corrected chi connectivity index (χ4v) is 12.3. The van der Waals surface area contributed by atoms with Gasteiger partial charge in [0.05, 0.1) is 0 Å². The predicted octanol–water partition coefficient (Wildman–Crippen LogP) is 8.33. The Bertz CT molecular complexity index is 739. The molecule has 5 saturated carbocycles. The molecule has 5 rings (SSSR count). The van der Waals surface area contributed by atoms with Crippen LogP contribution in [0.25, 0.3) is 0 Å². The van der Waals surface area contributed by atoms with Gasteiger partial charge in [-0.05, 0) is 134 Å². The first-order chi connectivity index (χ1) is 14.8. The third kappa shape index (κ3) is 2.79. The van der Waals surface area contributed by atoms with Crippen LogP contribution in [0.1, 0.15) is 120 Å². The Balaban J connectivity index is 1.52. The number of hydrogen-bond donors (Lipinski definition) is 1. The summed E-state index contributed by atoms with van der Waals surface area (Å²) < 4.78 is 0. The van der Waals surface area contributed by atoms with E-state index in [2.05, 4.69) is 67.8 Å². The van der Waals surface area contributed by atoms with E-state index in [0.717, 1.165) is 35.5 Å².